The summed E-state index contributed by atoms with van der Waals surface area (Å²) in [6.07, 6.45) is 2.76. The number of amides is 1. The van der Waals surface area contributed by atoms with Crippen LogP contribution >= 0.6 is 11.3 Å². The first-order valence-electron chi connectivity index (χ1n) is 9.60. The number of carbonyl (C=O) groups is 1. The predicted molar refractivity (Wildman–Crippen MR) is 120 cm³/mol. The lowest BCUT2D eigenvalue weighted by Crippen LogP contribution is -2.13. The normalized spacial score (nSPS) is 10.8. The summed E-state index contributed by atoms with van der Waals surface area (Å²) in [5, 5.41) is 7.37. The Morgan fingerprint density at radius 3 is 2.48 bits per heavy atom. The Hall–Kier alpha value is -3.25. The Balaban J connectivity index is 1.44. The number of para-hydroxylation sites is 1. The van der Waals surface area contributed by atoms with Gasteiger partial charge in [0, 0.05) is 29.1 Å². The van der Waals surface area contributed by atoms with Gasteiger partial charge >= 0.3 is 0 Å². The largest absolute Gasteiger partial charge is 0.369 e. The van der Waals surface area contributed by atoms with Gasteiger partial charge in [0.2, 0.25) is 5.91 Å². The highest BCUT2D eigenvalue weighted by Crippen LogP contribution is 2.40. The number of aryl methyl sites for hydroxylation is 1. The number of benzene rings is 2. The highest BCUT2D eigenvalue weighted by molar-refractivity contribution is 7.19. The highest BCUT2D eigenvalue weighted by Gasteiger charge is 2.16. The van der Waals surface area contributed by atoms with Gasteiger partial charge in [0.05, 0.1) is 5.39 Å². The number of aromatic nitrogens is 2. The van der Waals surface area contributed by atoms with Crippen LogP contribution in [0.3, 0.4) is 0 Å². The summed E-state index contributed by atoms with van der Waals surface area (Å²) in [6.45, 7) is 2.78. The maximum atomic E-state index is 12.1. The number of fused-ring (bicyclic) bond motifs is 1. The number of hydrogen-bond acceptors (Lipinski definition) is 5. The molecule has 29 heavy (non-hydrogen) atoms. The number of nitrogens with one attached hydrogen (secondary N) is 2. The Kier molecular flexibility index (Phi) is 5.81. The van der Waals surface area contributed by atoms with Gasteiger partial charge in [0.25, 0.3) is 0 Å². The molecule has 2 aromatic heterocycles. The summed E-state index contributed by atoms with van der Waals surface area (Å²) in [6, 6.07) is 19.8. The molecule has 0 atom stereocenters. The Morgan fingerprint density at radius 2 is 1.72 bits per heavy atom. The Morgan fingerprint density at radius 1 is 1.00 bits per heavy atom. The van der Waals surface area contributed by atoms with E-state index in [1.807, 2.05) is 48.5 Å². The zero-order valence-electron chi connectivity index (χ0n) is 16.2. The van der Waals surface area contributed by atoms with Crippen LogP contribution in [0.5, 0.6) is 0 Å². The van der Waals surface area contributed by atoms with Gasteiger partial charge in [-0.1, -0.05) is 48.5 Å². The molecule has 5 nitrogen and oxygen atoms in total. The third kappa shape index (κ3) is 4.43. The number of thiophene rings is 1. The molecule has 0 fully saturated rings. The zero-order valence-corrected chi connectivity index (χ0v) is 17.0. The minimum absolute atomic E-state index is 0.0159. The second kappa shape index (κ2) is 8.84. The summed E-state index contributed by atoms with van der Waals surface area (Å²) in [5.74, 6) is 0.837. The lowest BCUT2D eigenvalue weighted by Gasteiger charge is -2.09. The molecule has 0 aliphatic carbocycles. The molecule has 0 aliphatic heterocycles. The van der Waals surface area contributed by atoms with E-state index in [1.54, 1.807) is 17.7 Å². The minimum Gasteiger partial charge on any atom is -0.369 e. The molecule has 0 saturated carbocycles. The van der Waals surface area contributed by atoms with Crippen molar-refractivity contribution in [3.05, 3.63) is 71.9 Å². The van der Waals surface area contributed by atoms with E-state index in [0.29, 0.717) is 19.4 Å². The van der Waals surface area contributed by atoms with E-state index < -0.39 is 0 Å². The first-order valence-corrected chi connectivity index (χ1v) is 10.4. The lowest BCUT2D eigenvalue weighted by atomic mass is 10.0. The van der Waals surface area contributed by atoms with Gasteiger partial charge in [-0.05, 0) is 31.0 Å². The van der Waals surface area contributed by atoms with Crippen molar-refractivity contribution in [1.82, 2.24) is 9.97 Å². The van der Waals surface area contributed by atoms with Gasteiger partial charge in [0.1, 0.15) is 17.0 Å². The molecule has 2 N–H and O–H groups in total. The molecule has 0 radical (unpaired) electrons. The number of anilines is 2. The highest BCUT2D eigenvalue weighted by atomic mass is 32.1. The van der Waals surface area contributed by atoms with Gasteiger partial charge in [-0.3, -0.25) is 4.79 Å². The van der Waals surface area contributed by atoms with Gasteiger partial charge in [-0.15, -0.1) is 11.3 Å². The van der Waals surface area contributed by atoms with Crippen LogP contribution < -0.4 is 10.6 Å². The third-order valence-electron chi connectivity index (χ3n) is 4.66. The predicted octanol–water partition coefficient (Wildman–Crippen LogP) is 5.50. The summed E-state index contributed by atoms with van der Waals surface area (Å²) in [5.41, 5.74) is 3.16. The van der Waals surface area contributed by atoms with E-state index in [1.165, 1.54) is 10.4 Å². The van der Waals surface area contributed by atoms with Crippen molar-refractivity contribution in [2.75, 3.05) is 17.2 Å². The zero-order chi connectivity index (χ0) is 20.1. The molecule has 0 bridgehead atoms. The third-order valence-corrected chi connectivity index (χ3v) is 5.67. The topological polar surface area (TPSA) is 66.9 Å². The second-order valence-electron chi connectivity index (χ2n) is 6.75. The lowest BCUT2D eigenvalue weighted by molar-refractivity contribution is -0.116. The molecule has 6 heteroatoms. The SMILES string of the molecule is Cc1sc2ncnc(NCCCC(=O)Nc3ccccc3)c2c1-c1ccccc1. The van der Waals surface area contributed by atoms with Gasteiger partial charge in [-0.2, -0.15) is 0 Å². The van der Waals surface area contributed by atoms with Crippen molar-refractivity contribution < 1.29 is 4.79 Å². The molecule has 146 valence electrons. The average Bonchev–Trinajstić information content (AvgIpc) is 3.09. The monoisotopic (exact) mass is 402 g/mol. The molecule has 0 aliphatic rings. The van der Waals surface area contributed by atoms with Crippen LogP contribution in [0, 0.1) is 6.92 Å². The fraction of sp³-hybridized carbons (Fsp3) is 0.174. The van der Waals surface area contributed by atoms with Crippen molar-refractivity contribution in [2.24, 2.45) is 0 Å². The molecule has 0 saturated heterocycles. The smallest absolute Gasteiger partial charge is 0.224 e. The van der Waals surface area contributed by atoms with E-state index in [4.69, 9.17) is 0 Å². The summed E-state index contributed by atoms with van der Waals surface area (Å²) in [4.78, 5) is 23.2. The van der Waals surface area contributed by atoms with E-state index in [2.05, 4.69) is 39.7 Å². The number of nitrogens with zero attached hydrogens (tertiary/aromatic N) is 2. The van der Waals surface area contributed by atoms with Crippen LogP contribution in [-0.4, -0.2) is 22.4 Å². The maximum Gasteiger partial charge on any atom is 0.224 e. The van der Waals surface area contributed by atoms with E-state index >= 15 is 0 Å². The standard InChI is InChI=1S/C23H22N4OS/c1-16-20(17-9-4-2-5-10-17)21-22(25-15-26-23(21)29-16)24-14-8-13-19(28)27-18-11-6-3-7-12-18/h2-7,9-12,15H,8,13-14H2,1H3,(H,27,28)(H,24,25,26). The first kappa shape index (κ1) is 19.1. The molecular formula is C23H22N4OS. The Labute approximate surface area is 173 Å². The van der Waals surface area contributed by atoms with Crippen molar-refractivity contribution in [1.29, 1.82) is 0 Å². The Bertz CT molecular complexity index is 1110. The summed E-state index contributed by atoms with van der Waals surface area (Å²) in [7, 11) is 0. The molecule has 2 aromatic carbocycles. The molecular weight excluding hydrogens is 380 g/mol. The molecule has 4 aromatic rings. The first-order chi connectivity index (χ1) is 14.2. The van der Waals surface area contributed by atoms with Gasteiger partial charge < -0.3 is 10.6 Å². The van der Waals surface area contributed by atoms with Crippen LogP contribution in [-0.2, 0) is 4.79 Å². The quantitative estimate of drug-likeness (QED) is 0.401. The minimum atomic E-state index is 0.0159. The molecule has 0 spiro atoms. The summed E-state index contributed by atoms with van der Waals surface area (Å²) >= 11 is 1.68. The number of carbonyl (C=O) groups excluding carboxylic acids is 1. The molecule has 2 heterocycles. The van der Waals surface area contributed by atoms with E-state index in [9.17, 15) is 4.79 Å². The van der Waals surface area contributed by atoms with Crippen LogP contribution in [0.2, 0.25) is 0 Å². The number of hydrogen-bond donors (Lipinski definition) is 2. The van der Waals surface area contributed by atoms with E-state index in [0.717, 1.165) is 27.3 Å². The van der Waals surface area contributed by atoms with Crippen molar-refractivity contribution >= 4 is 39.0 Å². The van der Waals surface area contributed by atoms with Crippen LogP contribution in [0.25, 0.3) is 21.3 Å². The fourth-order valence-electron chi connectivity index (χ4n) is 3.33. The fourth-order valence-corrected chi connectivity index (χ4v) is 4.34. The molecule has 4 rings (SSSR count). The van der Waals surface area contributed by atoms with Crippen molar-refractivity contribution in [3.63, 3.8) is 0 Å². The van der Waals surface area contributed by atoms with Crippen LogP contribution in [0.4, 0.5) is 11.5 Å². The van der Waals surface area contributed by atoms with Crippen LogP contribution in [0.15, 0.2) is 67.0 Å². The molecule has 1 amide bonds. The van der Waals surface area contributed by atoms with Gasteiger partial charge in [0.15, 0.2) is 0 Å². The van der Waals surface area contributed by atoms with Crippen molar-refractivity contribution in [2.45, 2.75) is 19.8 Å². The van der Waals surface area contributed by atoms with Crippen LogP contribution in [0.1, 0.15) is 17.7 Å². The van der Waals surface area contributed by atoms with Gasteiger partial charge in [-0.25, -0.2) is 9.97 Å². The summed E-state index contributed by atoms with van der Waals surface area (Å²) < 4.78 is 0. The second-order valence-corrected chi connectivity index (χ2v) is 7.95. The number of rotatable bonds is 7. The average molecular weight is 403 g/mol. The van der Waals surface area contributed by atoms with E-state index in [-0.39, 0.29) is 5.91 Å². The maximum absolute atomic E-state index is 12.1. The molecule has 0 unspecified atom stereocenters. The van der Waals surface area contributed by atoms with Crippen molar-refractivity contribution in [3.8, 4) is 11.1 Å².